The normalized spacial score (nSPS) is 11.6. The van der Waals surface area contributed by atoms with Gasteiger partial charge in [-0.15, -0.1) is 0 Å². The van der Waals surface area contributed by atoms with Crippen LogP contribution in [0.4, 0.5) is 17.3 Å². The highest BCUT2D eigenvalue weighted by molar-refractivity contribution is 6.50. The van der Waals surface area contributed by atoms with Crippen LogP contribution in [-0.4, -0.2) is 7.25 Å². The fourth-order valence-corrected chi connectivity index (χ4v) is 1.57. The molecule has 2 aromatic rings. The van der Waals surface area contributed by atoms with Crippen LogP contribution >= 0.6 is 0 Å². The molecule has 0 unspecified atom stereocenters. The van der Waals surface area contributed by atoms with Gasteiger partial charge in [-0.3, -0.25) is 0 Å². The van der Waals surface area contributed by atoms with E-state index in [-0.39, 0.29) is 5.41 Å². The van der Waals surface area contributed by atoms with Crippen molar-refractivity contribution in [1.29, 1.82) is 0 Å². The van der Waals surface area contributed by atoms with Crippen LogP contribution in [0.15, 0.2) is 52.9 Å². The lowest BCUT2D eigenvalue weighted by Gasteiger charge is -2.08. The van der Waals surface area contributed by atoms with Crippen molar-refractivity contribution in [3.05, 3.63) is 54.3 Å². The highest BCUT2D eigenvalue weighted by Gasteiger charge is 2.27. The van der Waals surface area contributed by atoms with Crippen molar-refractivity contribution >= 4 is 7.25 Å². The van der Waals surface area contributed by atoms with Crippen LogP contribution in [-0.2, 0) is 5.41 Å². The molecule has 0 N–H and O–H groups in total. The lowest BCUT2D eigenvalue weighted by molar-refractivity contribution is 0.368. The van der Waals surface area contributed by atoms with E-state index in [0.29, 0.717) is 0 Å². The predicted octanol–water partition coefficient (Wildman–Crippen LogP) is 5.83. The van der Waals surface area contributed by atoms with Gasteiger partial charge < -0.3 is 17.3 Å². The Morgan fingerprint density at radius 3 is 1.81 bits per heavy atom. The predicted molar refractivity (Wildman–Crippen MR) is 77.4 cm³/mol. The molecule has 0 aliphatic heterocycles. The lowest BCUT2D eigenvalue weighted by Crippen LogP contribution is -2.10. The van der Waals surface area contributed by atoms with Crippen LogP contribution in [0.25, 0.3) is 11.3 Å². The maximum atomic E-state index is 9.75. The first kappa shape index (κ1) is 17.2. The first-order valence-corrected chi connectivity index (χ1v) is 6.44. The largest absolute Gasteiger partial charge is 0.673 e. The molecule has 0 radical (unpaired) electrons. The number of hydrogen-bond acceptors (Lipinski definition) is 0. The first-order chi connectivity index (χ1) is 9.57. The van der Waals surface area contributed by atoms with Crippen LogP contribution in [0.3, 0.4) is 0 Å². The molecule has 2 rings (SSSR count). The second-order valence-corrected chi connectivity index (χ2v) is 5.47. The molecule has 1 aromatic heterocycles. The molecule has 6 heteroatoms. The monoisotopic (exact) mass is 300 g/mol. The van der Waals surface area contributed by atoms with Crippen molar-refractivity contribution in [2.45, 2.75) is 26.2 Å². The van der Waals surface area contributed by atoms with E-state index in [1.807, 2.05) is 36.4 Å². The minimum absolute atomic E-state index is 0.0464. The van der Waals surface area contributed by atoms with E-state index in [9.17, 15) is 17.3 Å². The molecule has 1 aromatic carbocycles. The summed E-state index contributed by atoms with van der Waals surface area (Å²) in [6.45, 7) is 6.46. The highest BCUT2D eigenvalue weighted by atomic mass is 19.5. The zero-order chi connectivity index (χ0) is 16.1. The molecule has 0 saturated heterocycles. The molecular formula is C15H17BF4O. The van der Waals surface area contributed by atoms with Gasteiger partial charge >= 0.3 is 18.8 Å². The van der Waals surface area contributed by atoms with Gasteiger partial charge in [-0.05, 0) is 39.0 Å². The molecular weight excluding hydrogens is 283 g/mol. The summed E-state index contributed by atoms with van der Waals surface area (Å²) in [6.07, 6.45) is 0. The van der Waals surface area contributed by atoms with Gasteiger partial charge in [0.15, 0.2) is 0 Å². The molecule has 1 heterocycles. The molecule has 0 aliphatic rings. The van der Waals surface area contributed by atoms with Gasteiger partial charge in [-0.2, -0.15) is 0 Å². The van der Waals surface area contributed by atoms with E-state index in [0.717, 1.165) is 17.1 Å². The van der Waals surface area contributed by atoms with Gasteiger partial charge in [-0.1, -0.05) is 18.2 Å². The van der Waals surface area contributed by atoms with E-state index in [4.69, 9.17) is 4.42 Å². The second kappa shape index (κ2) is 6.74. The Kier molecular flexibility index (Phi) is 5.52. The standard InChI is InChI=1S/C15H17O.BF4/c1-15(2,3)14-11-7-10-13(16-14)12-8-5-4-6-9-12;2-1(3,4)5/h4-11H,1-3H3;/q+1;-1. The van der Waals surface area contributed by atoms with Crippen molar-refractivity contribution in [2.24, 2.45) is 0 Å². The van der Waals surface area contributed by atoms with Crippen LogP contribution in [0.5, 0.6) is 0 Å². The Bertz CT molecular complexity index is 556. The maximum Gasteiger partial charge on any atom is 0.673 e. The van der Waals surface area contributed by atoms with E-state index < -0.39 is 7.25 Å². The summed E-state index contributed by atoms with van der Waals surface area (Å²) in [5.41, 5.74) is 1.17. The summed E-state index contributed by atoms with van der Waals surface area (Å²) in [7, 11) is -6.00. The van der Waals surface area contributed by atoms with Gasteiger partial charge in [0.1, 0.15) is 0 Å². The molecule has 0 amide bonds. The maximum absolute atomic E-state index is 9.75. The van der Waals surface area contributed by atoms with Gasteiger partial charge in [-0.25, -0.2) is 4.42 Å². The number of benzene rings is 1. The van der Waals surface area contributed by atoms with Gasteiger partial charge in [0.25, 0.3) is 0 Å². The topological polar surface area (TPSA) is 11.3 Å². The molecule has 0 atom stereocenters. The van der Waals surface area contributed by atoms with Crippen LogP contribution < -0.4 is 0 Å². The zero-order valence-corrected chi connectivity index (χ0v) is 12.1. The Labute approximate surface area is 121 Å². The second-order valence-electron chi connectivity index (χ2n) is 5.47. The fraction of sp³-hybridized carbons (Fsp3) is 0.267. The third-order valence-electron chi connectivity index (χ3n) is 2.51. The Balaban J connectivity index is 0.000000383. The van der Waals surface area contributed by atoms with Gasteiger partial charge in [0, 0.05) is 12.1 Å². The first-order valence-electron chi connectivity index (χ1n) is 6.44. The molecule has 0 spiro atoms. The molecule has 114 valence electrons. The Hall–Kier alpha value is -1.85. The average Bonchev–Trinajstić information content (AvgIpc) is 2.37. The van der Waals surface area contributed by atoms with E-state index >= 15 is 0 Å². The van der Waals surface area contributed by atoms with Crippen molar-refractivity contribution in [2.75, 3.05) is 0 Å². The van der Waals surface area contributed by atoms with Crippen LogP contribution in [0.2, 0.25) is 0 Å². The number of halogens is 4. The summed E-state index contributed by atoms with van der Waals surface area (Å²) in [5, 5.41) is 0. The summed E-state index contributed by atoms with van der Waals surface area (Å²) in [4.78, 5) is 0. The Morgan fingerprint density at radius 1 is 0.810 bits per heavy atom. The minimum atomic E-state index is -6.00. The van der Waals surface area contributed by atoms with Crippen LogP contribution in [0.1, 0.15) is 26.5 Å². The minimum Gasteiger partial charge on any atom is -0.418 e. The summed E-state index contributed by atoms with van der Waals surface area (Å²) in [5.74, 6) is 1.93. The van der Waals surface area contributed by atoms with Crippen molar-refractivity contribution in [3.63, 3.8) is 0 Å². The molecule has 0 aliphatic carbocycles. The molecule has 21 heavy (non-hydrogen) atoms. The van der Waals surface area contributed by atoms with E-state index in [1.165, 1.54) is 0 Å². The number of rotatable bonds is 1. The lowest BCUT2D eigenvalue weighted by atomic mass is 9.93. The smallest absolute Gasteiger partial charge is 0.418 e. The van der Waals surface area contributed by atoms with Crippen molar-refractivity contribution in [1.82, 2.24) is 0 Å². The molecule has 0 fully saturated rings. The van der Waals surface area contributed by atoms with Crippen molar-refractivity contribution in [3.8, 4) is 11.3 Å². The van der Waals surface area contributed by atoms with Crippen molar-refractivity contribution < 1.29 is 21.7 Å². The zero-order valence-electron chi connectivity index (χ0n) is 12.1. The summed E-state index contributed by atoms with van der Waals surface area (Å²) >= 11 is 0. The van der Waals surface area contributed by atoms with E-state index in [1.54, 1.807) is 0 Å². The third kappa shape index (κ3) is 6.93. The SMILES string of the molecule is CC(C)(C)c1cccc(-c2ccccc2)[o+]1.F[B-](F)(F)F. The molecule has 1 nitrogen and oxygen atoms in total. The van der Waals surface area contributed by atoms with Gasteiger partial charge in [0.05, 0.1) is 11.0 Å². The van der Waals surface area contributed by atoms with Gasteiger partial charge in [0.2, 0.25) is 0 Å². The molecule has 0 bridgehead atoms. The summed E-state index contributed by atoms with van der Waals surface area (Å²) in [6, 6.07) is 16.3. The summed E-state index contributed by atoms with van der Waals surface area (Å²) < 4.78 is 44.9. The highest BCUT2D eigenvalue weighted by Crippen LogP contribution is 2.27. The Morgan fingerprint density at radius 2 is 1.33 bits per heavy atom. The van der Waals surface area contributed by atoms with Crippen LogP contribution in [0, 0.1) is 0 Å². The average molecular weight is 300 g/mol. The quantitative estimate of drug-likeness (QED) is 0.366. The van der Waals surface area contributed by atoms with E-state index in [2.05, 4.69) is 32.9 Å². The third-order valence-corrected chi connectivity index (χ3v) is 2.51. The number of hydrogen-bond donors (Lipinski definition) is 0. The molecule has 0 saturated carbocycles. The fourth-order valence-electron chi connectivity index (χ4n) is 1.57.